The van der Waals surface area contributed by atoms with Gasteiger partial charge in [0.1, 0.15) is 0 Å². The molecule has 0 bridgehead atoms. The van der Waals surface area contributed by atoms with E-state index in [0.717, 1.165) is 30.5 Å². The van der Waals surface area contributed by atoms with Gasteiger partial charge in [0.2, 0.25) is 0 Å². The quantitative estimate of drug-likeness (QED) is 0.498. The second-order valence-electron chi connectivity index (χ2n) is 6.55. The van der Waals surface area contributed by atoms with E-state index >= 15 is 0 Å². The number of nitrogens with two attached hydrogens (primary N) is 1. The summed E-state index contributed by atoms with van der Waals surface area (Å²) in [6.45, 7) is 4.44. The summed E-state index contributed by atoms with van der Waals surface area (Å²) in [4.78, 5) is 22.0. The van der Waals surface area contributed by atoms with Gasteiger partial charge in [-0.25, -0.2) is 19.1 Å². The lowest BCUT2D eigenvalue weighted by Crippen LogP contribution is -2.31. The van der Waals surface area contributed by atoms with Crippen LogP contribution in [0.1, 0.15) is 31.9 Å². The van der Waals surface area contributed by atoms with Gasteiger partial charge in [-0.05, 0) is 37.6 Å². The van der Waals surface area contributed by atoms with Crippen LogP contribution >= 0.6 is 11.3 Å². The van der Waals surface area contributed by atoms with E-state index in [1.54, 1.807) is 17.6 Å². The summed E-state index contributed by atoms with van der Waals surface area (Å²) in [5.74, 6) is -0.399. The average Bonchev–Trinajstić information content (AvgIpc) is 3.16. The molecule has 0 radical (unpaired) electrons. The number of carbonyl (C=O) groups excluding carboxylic acids is 1. The third-order valence-corrected chi connectivity index (χ3v) is 5.12. The Morgan fingerprint density at radius 3 is 2.76 bits per heavy atom. The van der Waals surface area contributed by atoms with Gasteiger partial charge in [-0.2, -0.15) is 0 Å². The van der Waals surface area contributed by atoms with Crippen molar-refractivity contribution >= 4 is 28.2 Å². The van der Waals surface area contributed by atoms with Crippen LogP contribution in [0.5, 0.6) is 5.75 Å². The van der Waals surface area contributed by atoms with Gasteiger partial charge < -0.3 is 10.5 Å². The molecular formula is C21H23FN4O2S. The zero-order valence-electron chi connectivity index (χ0n) is 16.4. The van der Waals surface area contributed by atoms with Crippen LogP contribution < -0.4 is 15.4 Å². The molecule has 2 heterocycles. The number of hydrogen-bond acceptors (Lipinski definition) is 5. The molecule has 3 aromatic rings. The van der Waals surface area contributed by atoms with E-state index in [2.05, 4.69) is 16.9 Å². The minimum atomic E-state index is -0.746. The highest BCUT2D eigenvalue weighted by molar-refractivity contribution is 7.14. The maximum atomic E-state index is 14.5. The first-order valence-electron chi connectivity index (χ1n) is 9.40. The van der Waals surface area contributed by atoms with Gasteiger partial charge >= 0.3 is 6.03 Å². The molecule has 2 amide bonds. The number of unbranched alkanes of at least 4 members (excludes halogenated alkanes) is 2. The number of urea groups is 1. The van der Waals surface area contributed by atoms with Crippen LogP contribution in [0, 0.1) is 12.7 Å². The highest BCUT2D eigenvalue weighted by Gasteiger charge is 2.21. The van der Waals surface area contributed by atoms with Crippen LogP contribution in [0.25, 0.3) is 11.3 Å². The van der Waals surface area contributed by atoms with Crippen molar-refractivity contribution in [1.29, 1.82) is 0 Å². The minimum absolute atomic E-state index is 0.153. The third kappa shape index (κ3) is 5.08. The first kappa shape index (κ1) is 20.7. The van der Waals surface area contributed by atoms with Crippen molar-refractivity contribution in [2.24, 2.45) is 5.73 Å². The fourth-order valence-electron chi connectivity index (χ4n) is 2.73. The largest absolute Gasteiger partial charge is 0.491 e. The Balaban J connectivity index is 1.82. The molecule has 29 heavy (non-hydrogen) atoms. The molecule has 1 aromatic carbocycles. The van der Waals surface area contributed by atoms with E-state index in [4.69, 9.17) is 10.5 Å². The number of rotatable bonds is 8. The van der Waals surface area contributed by atoms with Crippen LogP contribution in [0.4, 0.5) is 20.0 Å². The number of ether oxygens (including phenoxy) is 1. The average molecular weight is 415 g/mol. The fourth-order valence-corrected chi connectivity index (χ4v) is 3.59. The minimum Gasteiger partial charge on any atom is -0.491 e. The van der Waals surface area contributed by atoms with Crippen LogP contribution in [-0.2, 0) is 0 Å². The molecule has 8 heteroatoms. The summed E-state index contributed by atoms with van der Waals surface area (Å²) in [5, 5.41) is 2.16. The van der Waals surface area contributed by atoms with Crippen molar-refractivity contribution < 1.29 is 13.9 Å². The number of aryl methyl sites for hydroxylation is 1. The third-order valence-electron chi connectivity index (χ3n) is 4.29. The Morgan fingerprint density at radius 1 is 1.28 bits per heavy atom. The number of primary amides is 1. The number of halogens is 1. The molecular weight excluding hydrogens is 391 g/mol. The van der Waals surface area contributed by atoms with Gasteiger partial charge in [-0.15, -0.1) is 11.3 Å². The topological polar surface area (TPSA) is 81.3 Å². The molecule has 2 aromatic heterocycles. The van der Waals surface area contributed by atoms with E-state index in [9.17, 15) is 9.18 Å². The summed E-state index contributed by atoms with van der Waals surface area (Å²) in [7, 11) is 0. The molecule has 0 saturated carbocycles. The Morgan fingerprint density at radius 2 is 2.10 bits per heavy atom. The van der Waals surface area contributed by atoms with Crippen molar-refractivity contribution in [3.8, 4) is 17.0 Å². The summed E-state index contributed by atoms with van der Waals surface area (Å²) in [6, 6.07) is 7.37. The fraction of sp³-hybridized carbons (Fsp3) is 0.286. The van der Waals surface area contributed by atoms with Crippen molar-refractivity contribution in [3.63, 3.8) is 0 Å². The lowest BCUT2D eigenvalue weighted by molar-refractivity contribution is 0.256. The lowest BCUT2D eigenvalue weighted by atomic mass is 10.2. The predicted molar refractivity (Wildman–Crippen MR) is 113 cm³/mol. The number of aromatic nitrogens is 2. The van der Waals surface area contributed by atoms with Crippen molar-refractivity contribution in [3.05, 3.63) is 53.4 Å². The number of benzene rings is 1. The molecule has 152 valence electrons. The van der Waals surface area contributed by atoms with Gasteiger partial charge in [0.15, 0.2) is 16.7 Å². The highest BCUT2D eigenvalue weighted by Crippen LogP contribution is 2.33. The molecule has 0 aliphatic heterocycles. The lowest BCUT2D eigenvalue weighted by Gasteiger charge is -2.18. The number of nitrogens with zero attached hydrogens (tertiary/aromatic N) is 3. The summed E-state index contributed by atoms with van der Waals surface area (Å²) >= 11 is 1.24. The number of thiazole rings is 1. The van der Waals surface area contributed by atoms with Crippen molar-refractivity contribution in [2.45, 2.75) is 33.1 Å². The molecule has 3 rings (SSSR count). The maximum absolute atomic E-state index is 14.5. The zero-order chi connectivity index (χ0) is 20.8. The van der Waals surface area contributed by atoms with E-state index < -0.39 is 11.8 Å². The summed E-state index contributed by atoms with van der Waals surface area (Å²) in [5.41, 5.74) is 8.24. The number of carbonyl (C=O) groups is 1. The van der Waals surface area contributed by atoms with Gasteiger partial charge in [0, 0.05) is 28.9 Å². The Hall–Kier alpha value is -3.00. The van der Waals surface area contributed by atoms with Crippen LogP contribution in [-0.4, -0.2) is 22.6 Å². The molecule has 2 N–H and O–H groups in total. The number of amides is 2. The highest BCUT2D eigenvalue weighted by atomic mass is 32.1. The molecule has 0 spiro atoms. The van der Waals surface area contributed by atoms with Crippen LogP contribution in [0.2, 0.25) is 0 Å². The molecule has 0 aliphatic carbocycles. The van der Waals surface area contributed by atoms with Gasteiger partial charge in [-0.1, -0.05) is 19.8 Å². The van der Waals surface area contributed by atoms with E-state index in [0.29, 0.717) is 23.1 Å². The Labute approximate surface area is 173 Å². The number of pyridine rings is 1. The molecule has 0 saturated heterocycles. The SMILES string of the molecule is CCCCCOc1ccc(N(C(N)=O)c2nc(-c3ccc(C)nc3)cs2)cc1F. The van der Waals surface area contributed by atoms with Crippen LogP contribution in [0.3, 0.4) is 0 Å². The molecule has 0 fully saturated rings. The summed E-state index contributed by atoms with van der Waals surface area (Å²) in [6.07, 6.45) is 4.67. The molecule has 0 aliphatic rings. The molecule has 0 unspecified atom stereocenters. The predicted octanol–water partition coefficient (Wildman–Crippen LogP) is 5.44. The van der Waals surface area contributed by atoms with Crippen molar-refractivity contribution in [2.75, 3.05) is 11.5 Å². The van der Waals surface area contributed by atoms with Gasteiger partial charge in [0.05, 0.1) is 18.0 Å². The Kier molecular flexibility index (Phi) is 6.77. The molecule has 6 nitrogen and oxygen atoms in total. The first-order chi connectivity index (χ1) is 14.0. The number of anilines is 2. The van der Waals surface area contributed by atoms with Crippen molar-refractivity contribution in [1.82, 2.24) is 9.97 Å². The zero-order valence-corrected chi connectivity index (χ0v) is 17.2. The van der Waals surface area contributed by atoms with Crippen LogP contribution in [0.15, 0.2) is 41.9 Å². The standard InChI is InChI=1S/C21H23FN4O2S/c1-3-4-5-10-28-19-9-8-16(11-17(19)22)26(20(23)27)21-25-18(13-29-21)15-7-6-14(2)24-12-15/h6-9,11-13H,3-5,10H2,1-2H3,(H2,23,27). The summed E-state index contributed by atoms with van der Waals surface area (Å²) < 4.78 is 20.0. The number of hydrogen-bond donors (Lipinski definition) is 1. The van der Waals surface area contributed by atoms with Gasteiger partial charge in [-0.3, -0.25) is 4.98 Å². The van der Waals surface area contributed by atoms with E-state index in [1.165, 1.54) is 28.4 Å². The normalized spacial score (nSPS) is 10.7. The second-order valence-corrected chi connectivity index (χ2v) is 7.38. The first-order valence-corrected chi connectivity index (χ1v) is 10.3. The van der Waals surface area contributed by atoms with E-state index in [-0.39, 0.29) is 5.75 Å². The molecule has 0 atom stereocenters. The van der Waals surface area contributed by atoms with E-state index in [1.807, 2.05) is 19.1 Å². The monoisotopic (exact) mass is 414 g/mol. The Bertz CT molecular complexity index is 975. The second kappa shape index (κ2) is 9.47. The van der Waals surface area contributed by atoms with Gasteiger partial charge in [0.25, 0.3) is 0 Å². The maximum Gasteiger partial charge on any atom is 0.325 e. The smallest absolute Gasteiger partial charge is 0.325 e.